The molecule has 0 bridgehead atoms. The lowest BCUT2D eigenvalue weighted by atomic mass is 9.88. The van der Waals surface area contributed by atoms with Crippen LogP contribution in [0.2, 0.25) is 0 Å². The Morgan fingerprint density at radius 1 is 1.10 bits per heavy atom. The van der Waals surface area contributed by atoms with Gasteiger partial charge in [-0.05, 0) is 78.3 Å². The smallest absolute Gasteiger partial charge is 0.282 e. The predicted molar refractivity (Wildman–Crippen MR) is 161 cm³/mol. The molecule has 0 radical (unpaired) electrons. The highest BCUT2D eigenvalue weighted by atomic mass is 127. The van der Waals surface area contributed by atoms with Crippen molar-refractivity contribution >= 4 is 39.7 Å². The number of rotatable bonds is 8. The Kier molecular flexibility index (Phi) is 8.57. The molecule has 7 nitrogen and oxygen atoms in total. The number of hydrogen-bond donors (Lipinski definition) is 0. The average molecular weight is 633 g/mol. The Labute approximate surface area is 241 Å². The van der Waals surface area contributed by atoms with Gasteiger partial charge in [0.1, 0.15) is 12.4 Å². The third-order valence-corrected chi connectivity index (χ3v) is 7.71. The number of nitrogens with zero attached hydrogens (tertiary/aromatic N) is 4. The maximum absolute atomic E-state index is 13.5. The molecule has 0 atom stereocenters. The van der Waals surface area contributed by atoms with Crippen LogP contribution in [0, 0.1) is 14.9 Å². The first kappa shape index (κ1) is 26.9. The highest BCUT2D eigenvalue weighted by Crippen LogP contribution is 2.35. The zero-order valence-corrected chi connectivity index (χ0v) is 23.9. The van der Waals surface area contributed by atoms with Crippen LogP contribution in [0.15, 0.2) is 70.6 Å². The first-order valence-electron chi connectivity index (χ1n) is 13.2. The van der Waals surface area contributed by atoms with Crippen molar-refractivity contribution in [2.24, 2.45) is 5.10 Å². The first-order chi connectivity index (χ1) is 19.1. The molecule has 1 aliphatic carbocycles. The van der Waals surface area contributed by atoms with Crippen molar-refractivity contribution < 1.29 is 9.47 Å². The maximum atomic E-state index is 13.5. The standard InChI is InChI=1S/C31H29IN4O3/c1-2-38-28-17-21(16-26(32)29(28)39-20-24-13-7-6-12-23(24)18-33)19-34-36-30(22-10-4-3-5-11-22)35-27-15-9-8-14-25(27)31(36)37/h6-9,12-17,19,22H,2-5,10-11,20H2,1H3. The van der Waals surface area contributed by atoms with Gasteiger partial charge in [-0.15, -0.1) is 0 Å². The van der Waals surface area contributed by atoms with Gasteiger partial charge in [-0.25, -0.2) is 4.98 Å². The Hall–Kier alpha value is -3.71. The van der Waals surface area contributed by atoms with Gasteiger partial charge in [0.2, 0.25) is 0 Å². The molecule has 0 N–H and O–H groups in total. The van der Waals surface area contributed by atoms with E-state index in [1.54, 1.807) is 18.3 Å². The van der Waals surface area contributed by atoms with Crippen LogP contribution in [0.3, 0.4) is 0 Å². The summed E-state index contributed by atoms with van der Waals surface area (Å²) in [4.78, 5) is 18.4. The summed E-state index contributed by atoms with van der Waals surface area (Å²) in [5.74, 6) is 2.12. The second-order valence-electron chi connectivity index (χ2n) is 9.50. The highest BCUT2D eigenvalue weighted by molar-refractivity contribution is 14.1. The van der Waals surface area contributed by atoms with E-state index in [2.05, 4.69) is 33.8 Å². The highest BCUT2D eigenvalue weighted by Gasteiger charge is 2.22. The lowest BCUT2D eigenvalue weighted by molar-refractivity contribution is 0.267. The molecule has 0 aliphatic heterocycles. The SMILES string of the molecule is CCOc1cc(C=Nn2c(C3CCCCC3)nc3ccccc3c2=O)cc(I)c1OCc1ccccc1C#N. The molecule has 39 heavy (non-hydrogen) atoms. The van der Waals surface area contributed by atoms with E-state index in [1.807, 2.05) is 55.5 Å². The largest absolute Gasteiger partial charge is 0.490 e. The van der Waals surface area contributed by atoms with Gasteiger partial charge in [0.05, 0.1) is 38.9 Å². The monoisotopic (exact) mass is 632 g/mol. The number of nitriles is 1. The van der Waals surface area contributed by atoms with Gasteiger partial charge >= 0.3 is 0 Å². The van der Waals surface area contributed by atoms with Crippen molar-refractivity contribution in [3.63, 3.8) is 0 Å². The van der Waals surface area contributed by atoms with Gasteiger partial charge in [0.25, 0.3) is 5.56 Å². The molecular weight excluding hydrogens is 603 g/mol. The molecule has 198 valence electrons. The number of aromatic nitrogens is 2. The molecule has 4 aromatic rings. The molecule has 0 amide bonds. The Bertz CT molecular complexity index is 1620. The third kappa shape index (κ3) is 5.98. The van der Waals surface area contributed by atoms with Gasteiger partial charge in [0, 0.05) is 11.5 Å². The summed E-state index contributed by atoms with van der Waals surface area (Å²) in [6.45, 7) is 2.62. The van der Waals surface area contributed by atoms with Crippen molar-refractivity contribution in [3.8, 4) is 17.6 Å². The summed E-state index contributed by atoms with van der Waals surface area (Å²) in [5.41, 5.74) is 2.72. The quantitative estimate of drug-likeness (QED) is 0.158. The van der Waals surface area contributed by atoms with Crippen LogP contribution in [0.25, 0.3) is 10.9 Å². The van der Waals surface area contributed by atoms with Crippen molar-refractivity contribution in [1.82, 2.24) is 9.66 Å². The fraction of sp³-hybridized carbons (Fsp3) is 0.290. The molecule has 0 unspecified atom stereocenters. The molecular formula is C31H29IN4O3. The Morgan fingerprint density at radius 2 is 1.87 bits per heavy atom. The number of halogens is 1. The van der Waals surface area contributed by atoms with Crippen LogP contribution in [0.1, 0.15) is 67.5 Å². The summed E-state index contributed by atoms with van der Waals surface area (Å²) in [6, 6.07) is 20.8. The van der Waals surface area contributed by atoms with Gasteiger partial charge in [-0.2, -0.15) is 15.0 Å². The first-order valence-corrected chi connectivity index (χ1v) is 14.3. The predicted octanol–water partition coefficient (Wildman–Crippen LogP) is 6.78. The topological polar surface area (TPSA) is 89.5 Å². The van der Waals surface area contributed by atoms with E-state index in [0.717, 1.165) is 46.2 Å². The number of para-hydroxylation sites is 1. The van der Waals surface area contributed by atoms with Crippen molar-refractivity contribution in [3.05, 3.63) is 97.1 Å². The molecule has 1 aromatic heterocycles. The van der Waals surface area contributed by atoms with E-state index in [-0.39, 0.29) is 18.1 Å². The minimum atomic E-state index is -0.159. The number of benzene rings is 3. The average Bonchev–Trinajstić information content (AvgIpc) is 2.97. The van der Waals surface area contributed by atoms with E-state index in [1.165, 1.54) is 11.1 Å². The Morgan fingerprint density at radius 3 is 2.67 bits per heavy atom. The van der Waals surface area contributed by atoms with Crippen molar-refractivity contribution in [2.75, 3.05) is 6.61 Å². The van der Waals surface area contributed by atoms with E-state index in [4.69, 9.17) is 14.5 Å². The minimum Gasteiger partial charge on any atom is -0.490 e. The normalized spacial score (nSPS) is 14.0. The summed E-state index contributed by atoms with van der Waals surface area (Å²) < 4.78 is 14.4. The third-order valence-electron chi connectivity index (χ3n) is 6.91. The van der Waals surface area contributed by atoms with E-state index < -0.39 is 0 Å². The maximum Gasteiger partial charge on any atom is 0.282 e. The summed E-state index contributed by atoms with van der Waals surface area (Å²) >= 11 is 2.21. The molecule has 1 saturated carbocycles. The van der Waals surface area contributed by atoms with Gasteiger partial charge in [-0.1, -0.05) is 49.6 Å². The molecule has 1 fully saturated rings. The van der Waals surface area contributed by atoms with Gasteiger partial charge < -0.3 is 9.47 Å². The van der Waals surface area contributed by atoms with Crippen LogP contribution in [-0.2, 0) is 6.61 Å². The molecule has 8 heteroatoms. The second kappa shape index (κ2) is 12.4. The van der Waals surface area contributed by atoms with E-state index in [9.17, 15) is 10.1 Å². The van der Waals surface area contributed by atoms with Gasteiger partial charge in [-0.3, -0.25) is 4.79 Å². The molecule has 3 aromatic carbocycles. The van der Waals surface area contributed by atoms with E-state index in [0.29, 0.717) is 34.6 Å². The van der Waals surface area contributed by atoms with Crippen LogP contribution < -0.4 is 15.0 Å². The molecule has 0 spiro atoms. The number of ether oxygens (including phenoxy) is 2. The zero-order valence-electron chi connectivity index (χ0n) is 21.8. The fourth-order valence-electron chi connectivity index (χ4n) is 4.97. The Balaban J connectivity index is 1.50. The summed E-state index contributed by atoms with van der Waals surface area (Å²) in [5, 5.41) is 14.6. The molecule has 1 aliphatic rings. The fourth-order valence-corrected chi connectivity index (χ4v) is 5.75. The molecule has 5 rings (SSSR count). The summed E-state index contributed by atoms with van der Waals surface area (Å²) in [7, 11) is 0. The van der Waals surface area contributed by atoms with Crippen LogP contribution in [0.5, 0.6) is 11.5 Å². The molecule has 1 heterocycles. The number of hydrogen-bond acceptors (Lipinski definition) is 6. The lowest BCUT2D eigenvalue weighted by Crippen LogP contribution is -2.25. The van der Waals surface area contributed by atoms with Crippen LogP contribution >= 0.6 is 22.6 Å². The van der Waals surface area contributed by atoms with Crippen molar-refractivity contribution in [1.29, 1.82) is 5.26 Å². The van der Waals surface area contributed by atoms with Crippen LogP contribution in [-0.4, -0.2) is 22.5 Å². The second-order valence-corrected chi connectivity index (χ2v) is 10.7. The lowest BCUT2D eigenvalue weighted by Gasteiger charge is -2.22. The van der Waals surface area contributed by atoms with E-state index >= 15 is 0 Å². The number of fused-ring (bicyclic) bond motifs is 1. The van der Waals surface area contributed by atoms with Crippen LogP contribution in [0.4, 0.5) is 0 Å². The minimum absolute atomic E-state index is 0.159. The summed E-state index contributed by atoms with van der Waals surface area (Å²) in [6.07, 6.45) is 7.18. The zero-order chi connectivity index (χ0) is 27.2. The van der Waals surface area contributed by atoms with Gasteiger partial charge in [0.15, 0.2) is 11.5 Å². The molecule has 0 saturated heterocycles. The van der Waals surface area contributed by atoms with Crippen molar-refractivity contribution in [2.45, 2.75) is 51.6 Å².